The van der Waals surface area contributed by atoms with Gasteiger partial charge in [0.25, 0.3) is 0 Å². The van der Waals surface area contributed by atoms with Crippen LogP contribution in [0.3, 0.4) is 0 Å². The summed E-state index contributed by atoms with van der Waals surface area (Å²) in [4.78, 5) is 9.14. The highest BCUT2D eigenvalue weighted by atomic mass is 16.4. The van der Waals surface area contributed by atoms with Crippen LogP contribution in [0, 0.1) is 0 Å². The minimum atomic E-state index is -1.23. The van der Waals surface area contributed by atoms with Crippen molar-refractivity contribution in [3.8, 4) is 0 Å². The van der Waals surface area contributed by atoms with Crippen LogP contribution in [0.15, 0.2) is 62.8 Å². The van der Waals surface area contributed by atoms with E-state index < -0.39 is 5.97 Å². The van der Waals surface area contributed by atoms with Crippen LogP contribution >= 0.6 is 0 Å². The van der Waals surface area contributed by atoms with E-state index in [1.165, 1.54) is 0 Å². The standard InChI is InChI=1S/C5H8.C4H6.C3H4O2/c1-4-5(2)3;1-3-4-2;1-2-3(4)5/h4H,1-2H2,3H3;3-4H,1-2H2;2H,1H2,(H,4,5)/p-1. The zero-order valence-electron chi connectivity index (χ0n) is 8.66. The molecule has 0 heterocycles. The quantitative estimate of drug-likeness (QED) is 0.508. The molecule has 14 heavy (non-hydrogen) atoms. The molecule has 0 unspecified atom stereocenters. The Morgan fingerprint density at radius 1 is 1.07 bits per heavy atom. The fourth-order valence-corrected chi connectivity index (χ4v) is 0. The van der Waals surface area contributed by atoms with E-state index in [2.05, 4.69) is 32.9 Å². The van der Waals surface area contributed by atoms with Crippen LogP contribution in [0.25, 0.3) is 0 Å². The molecular formula is C12H17O2-. The smallest absolute Gasteiger partial charge is 0.0636 e. The minimum absolute atomic E-state index is 0.722. The average Bonchev–Trinajstić information content (AvgIpc) is 2.19. The van der Waals surface area contributed by atoms with Crippen molar-refractivity contribution in [1.82, 2.24) is 0 Å². The first kappa shape index (κ1) is 18.1. The van der Waals surface area contributed by atoms with Gasteiger partial charge in [-0.25, -0.2) is 0 Å². The van der Waals surface area contributed by atoms with Gasteiger partial charge in [-0.15, -0.1) is 0 Å². The zero-order chi connectivity index (χ0) is 12.0. The summed E-state index contributed by atoms with van der Waals surface area (Å²) in [5.41, 5.74) is 1.02. The maximum atomic E-state index is 9.14. The molecule has 0 bridgehead atoms. The molecular weight excluding hydrogens is 176 g/mol. The normalized spacial score (nSPS) is 6.07. The number of hydrogen-bond acceptors (Lipinski definition) is 2. The summed E-state index contributed by atoms with van der Waals surface area (Å²) < 4.78 is 0. The summed E-state index contributed by atoms with van der Waals surface area (Å²) in [6.45, 7) is 18.5. The molecule has 0 saturated carbocycles. The van der Waals surface area contributed by atoms with Crippen molar-refractivity contribution in [3.63, 3.8) is 0 Å². The van der Waals surface area contributed by atoms with Gasteiger partial charge in [0, 0.05) is 0 Å². The lowest BCUT2D eigenvalue weighted by molar-refractivity contribution is -0.297. The lowest BCUT2D eigenvalue weighted by Gasteiger charge is -1.81. The van der Waals surface area contributed by atoms with Crippen LogP contribution in [0.4, 0.5) is 0 Å². The summed E-state index contributed by atoms with van der Waals surface area (Å²) in [5, 5.41) is 9.14. The molecule has 2 heteroatoms. The number of carboxylic acid groups (broad SMARTS) is 1. The number of carbonyl (C=O) groups is 1. The molecule has 0 aromatic rings. The van der Waals surface area contributed by atoms with Crippen LogP contribution in [0.2, 0.25) is 0 Å². The second-order valence-electron chi connectivity index (χ2n) is 2.05. The van der Waals surface area contributed by atoms with Gasteiger partial charge >= 0.3 is 0 Å². The van der Waals surface area contributed by atoms with E-state index in [1.54, 1.807) is 18.2 Å². The van der Waals surface area contributed by atoms with E-state index in [4.69, 9.17) is 9.90 Å². The second kappa shape index (κ2) is 17.3. The van der Waals surface area contributed by atoms with Crippen molar-refractivity contribution in [2.75, 3.05) is 0 Å². The molecule has 0 spiro atoms. The Hall–Kier alpha value is -1.83. The fourth-order valence-electron chi connectivity index (χ4n) is 0. The van der Waals surface area contributed by atoms with Crippen molar-refractivity contribution in [3.05, 3.63) is 62.8 Å². The molecule has 0 aromatic heterocycles. The van der Waals surface area contributed by atoms with E-state index in [0.29, 0.717) is 0 Å². The maximum absolute atomic E-state index is 9.14. The third-order valence-electron chi connectivity index (χ3n) is 0.682. The Balaban J connectivity index is -0.000000131. The van der Waals surface area contributed by atoms with Crippen molar-refractivity contribution in [2.24, 2.45) is 0 Å². The summed E-state index contributed by atoms with van der Waals surface area (Å²) in [6, 6.07) is 0. The number of allylic oxidation sites excluding steroid dienone is 4. The Bertz CT molecular complexity index is 188. The monoisotopic (exact) mass is 193 g/mol. The van der Waals surface area contributed by atoms with Gasteiger partial charge in [-0.2, -0.15) is 0 Å². The maximum Gasteiger partial charge on any atom is 0.0636 e. The van der Waals surface area contributed by atoms with Crippen molar-refractivity contribution in [1.29, 1.82) is 0 Å². The number of carbonyl (C=O) groups excluding carboxylic acids is 1. The highest BCUT2D eigenvalue weighted by molar-refractivity contribution is 5.76. The molecule has 0 rings (SSSR count). The van der Waals surface area contributed by atoms with E-state index in [0.717, 1.165) is 11.6 Å². The molecule has 0 N–H and O–H groups in total. The van der Waals surface area contributed by atoms with Gasteiger partial charge in [-0.05, 0) is 13.0 Å². The Morgan fingerprint density at radius 3 is 1.29 bits per heavy atom. The summed E-state index contributed by atoms with van der Waals surface area (Å²) in [6.07, 6.45) is 5.72. The SMILES string of the molecule is C=CC(=C)C.C=CC(=O)[O-].C=CC=C. The van der Waals surface area contributed by atoms with Gasteiger partial charge in [-0.3, -0.25) is 0 Å². The molecule has 78 valence electrons. The first-order valence-corrected chi connectivity index (χ1v) is 3.81. The van der Waals surface area contributed by atoms with Crippen molar-refractivity contribution in [2.45, 2.75) is 6.92 Å². The summed E-state index contributed by atoms with van der Waals surface area (Å²) >= 11 is 0. The third kappa shape index (κ3) is 85.1. The van der Waals surface area contributed by atoms with Crippen LogP contribution in [-0.2, 0) is 4.79 Å². The number of hydrogen-bond donors (Lipinski definition) is 0. The third-order valence-corrected chi connectivity index (χ3v) is 0.682. The second-order valence-corrected chi connectivity index (χ2v) is 2.05. The molecule has 0 saturated heterocycles. The van der Waals surface area contributed by atoms with E-state index in [-0.39, 0.29) is 0 Å². The van der Waals surface area contributed by atoms with Gasteiger partial charge in [0.05, 0.1) is 5.97 Å². The number of aliphatic carboxylic acids is 1. The van der Waals surface area contributed by atoms with Gasteiger partial charge < -0.3 is 9.90 Å². The first-order chi connectivity index (χ1) is 6.45. The number of rotatable bonds is 3. The van der Waals surface area contributed by atoms with Crippen molar-refractivity contribution >= 4 is 5.97 Å². The molecule has 0 amide bonds. The van der Waals surface area contributed by atoms with Gasteiger partial charge in [0.15, 0.2) is 0 Å². The Kier molecular flexibility index (Phi) is 22.3. The van der Waals surface area contributed by atoms with Gasteiger partial charge in [0.2, 0.25) is 0 Å². The summed E-state index contributed by atoms with van der Waals surface area (Å²) in [7, 11) is 0. The molecule has 0 aliphatic carbocycles. The van der Waals surface area contributed by atoms with Crippen LogP contribution < -0.4 is 5.11 Å². The Labute approximate surface area is 86.3 Å². The largest absolute Gasteiger partial charge is 0.545 e. The van der Waals surface area contributed by atoms with Crippen LogP contribution in [0.1, 0.15) is 6.92 Å². The molecule has 0 aliphatic heterocycles. The average molecular weight is 193 g/mol. The van der Waals surface area contributed by atoms with E-state index in [1.807, 2.05) is 6.92 Å². The Morgan fingerprint density at radius 2 is 1.29 bits per heavy atom. The molecule has 0 aromatic carbocycles. The van der Waals surface area contributed by atoms with E-state index >= 15 is 0 Å². The molecule has 0 radical (unpaired) electrons. The molecule has 0 aliphatic rings. The van der Waals surface area contributed by atoms with E-state index in [9.17, 15) is 0 Å². The predicted molar refractivity (Wildman–Crippen MR) is 60.6 cm³/mol. The predicted octanol–water partition coefficient (Wildman–Crippen LogP) is 2.03. The van der Waals surface area contributed by atoms with Gasteiger partial charge in [0.1, 0.15) is 0 Å². The first-order valence-electron chi connectivity index (χ1n) is 3.81. The van der Waals surface area contributed by atoms with Crippen LogP contribution in [-0.4, -0.2) is 5.97 Å². The van der Waals surface area contributed by atoms with Gasteiger partial charge in [-0.1, -0.05) is 56.7 Å². The molecule has 0 fully saturated rings. The molecule has 0 atom stereocenters. The zero-order valence-corrected chi connectivity index (χ0v) is 8.66. The number of carboxylic acids is 1. The molecule has 2 nitrogen and oxygen atoms in total. The summed E-state index contributed by atoms with van der Waals surface area (Å²) in [5.74, 6) is -1.23. The highest BCUT2D eigenvalue weighted by Crippen LogP contribution is 1.81. The van der Waals surface area contributed by atoms with Crippen LogP contribution in [0.5, 0.6) is 0 Å². The highest BCUT2D eigenvalue weighted by Gasteiger charge is 1.59. The lowest BCUT2D eigenvalue weighted by atomic mass is 10.4. The topological polar surface area (TPSA) is 40.1 Å². The fraction of sp³-hybridized carbons (Fsp3) is 0.0833. The van der Waals surface area contributed by atoms with Crippen molar-refractivity contribution < 1.29 is 9.90 Å². The minimum Gasteiger partial charge on any atom is -0.545 e. The lowest BCUT2D eigenvalue weighted by Crippen LogP contribution is -2.17.